The Kier molecular flexibility index (Phi) is 3.59. The zero-order valence-corrected chi connectivity index (χ0v) is 13.6. The summed E-state index contributed by atoms with van der Waals surface area (Å²) < 4.78 is 4.23. The molecule has 5 nitrogen and oxygen atoms in total. The van der Waals surface area contributed by atoms with Gasteiger partial charge in [-0.25, -0.2) is 9.97 Å². The van der Waals surface area contributed by atoms with Gasteiger partial charge in [-0.1, -0.05) is 12.1 Å². The molecule has 0 aromatic carbocycles. The SMILES string of the molecule is CCn1ccnc1CNc1c(-c2cccs2)nc2ccccn12. The van der Waals surface area contributed by atoms with Crippen molar-refractivity contribution in [3.05, 3.63) is 60.1 Å². The van der Waals surface area contributed by atoms with Gasteiger partial charge in [-0.3, -0.25) is 4.40 Å². The minimum absolute atomic E-state index is 0.669. The Balaban J connectivity index is 1.74. The molecule has 0 aliphatic rings. The molecule has 0 aliphatic carbocycles. The van der Waals surface area contributed by atoms with Crippen LogP contribution in [0, 0.1) is 0 Å². The third-order valence-corrected chi connectivity index (χ3v) is 4.72. The highest BCUT2D eigenvalue weighted by Gasteiger charge is 2.15. The predicted molar refractivity (Wildman–Crippen MR) is 93.7 cm³/mol. The minimum Gasteiger partial charge on any atom is -0.362 e. The summed E-state index contributed by atoms with van der Waals surface area (Å²) in [7, 11) is 0. The fourth-order valence-corrected chi connectivity index (χ4v) is 3.42. The van der Waals surface area contributed by atoms with Gasteiger partial charge in [0.15, 0.2) is 0 Å². The van der Waals surface area contributed by atoms with Crippen molar-refractivity contribution in [2.45, 2.75) is 20.0 Å². The maximum Gasteiger partial charge on any atom is 0.140 e. The van der Waals surface area contributed by atoms with Crippen LogP contribution in [0.5, 0.6) is 0 Å². The molecule has 0 bridgehead atoms. The van der Waals surface area contributed by atoms with Crippen molar-refractivity contribution in [2.75, 3.05) is 5.32 Å². The van der Waals surface area contributed by atoms with Crippen LogP contribution in [0.1, 0.15) is 12.7 Å². The van der Waals surface area contributed by atoms with Crippen molar-refractivity contribution >= 4 is 22.8 Å². The lowest BCUT2D eigenvalue weighted by atomic mass is 10.3. The first-order chi connectivity index (χ1) is 11.4. The van der Waals surface area contributed by atoms with Gasteiger partial charge < -0.3 is 9.88 Å². The highest BCUT2D eigenvalue weighted by Crippen LogP contribution is 2.32. The number of fused-ring (bicyclic) bond motifs is 1. The smallest absolute Gasteiger partial charge is 0.140 e. The number of hydrogen-bond acceptors (Lipinski definition) is 4. The molecule has 4 aromatic heterocycles. The van der Waals surface area contributed by atoms with E-state index in [1.807, 2.05) is 36.8 Å². The minimum atomic E-state index is 0.669. The van der Waals surface area contributed by atoms with Gasteiger partial charge in [-0.2, -0.15) is 0 Å². The summed E-state index contributed by atoms with van der Waals surface area (Å²) in [5, 5.41) is 5.60. The first kappa shape index (κ1) is 14.0. The summed E-state index contributed by atoms with van der Waals surface area (Å²) in [6, 6.07) is 10.2. The van der Waals surface area contributed by atoms with Crippen LogP contribution in [0.3, 0.4) is 0 Å². The monoisotopic (exact) mass is 323 g/mol. The number of rotatable bonds is 5. The largest absolute Gasteiger partial charge is 0.362 e. The Morgan fingerprint density at radius 1 is 1.17 bits per heavy atom. The van der Waals surface area contributed by atoms with E-state index in [1.165, 1.54) is 0 Å². The molecule has 0 atom stereocenters. The number of imidazole rings is 2. The summed E-state index contributed by atoms with van der Waals surface area (Å²) in [5.74, 6) is 2.03. The van der Waals surface area contributed by atoms with Crippen LogP contribution in [0.2, 0.25) is 0 Å². The molecule has 0 saturated heterocycles. The average molecular weight is 323 g/mol. The fraction of sp³-hybridized carbons (Fsp3) is 0.176. The Morgan fingerprint density at radius 2 is 2.13 bits per heavy atom. The van der Waals surface area contributed by atoms with Crippen LogP contribution in [0.25, 0.3) is 16.2 Å². The van der Waals surface area contributed by atoms with E-state index in [0.717, 1.165) is 34.4 Å². The Hall–Kier alpha value is -2.60. The van der Waals surface area contributed by atoms with E-state index in [1.54, 1.807) is 11.3 Å². The summed E-state index contributed by atoms with van der Waals surface area (Å²) in [6.07, 6.45) is 5.88. The summed E-state index contributed by atoms with van der Waals surface area (Å²) in [5.41, 5.74) is 1.93. The van der Waals surface area contributed by atoms with Crippen molar-refractivity contribution < 1.29 is 0 Å². The van der Waals surface area contributed by atoms with Crippen LogP contribution in [-0.2, 0) is 13.1 Å². The number of aryl methyl sites for hydroxylation is 1. The van der Waals surface area contributed by atoms with Gasteiger partial charge >= 0.3 is 0 Å². The second kappa shape index (κ2) is 5.89. The molecule has 116 valence electrons. The van der Waals surface area contributed by atoms with Crippen LogP contribution in [-0.4, -0.2) is 18.9 Å². The molecule has 4 aromatic rings. The lowest BCUT2D eigenvalue weighted by Crippen LogP contribution is -2.09. The summed E-state index contributed by atoms with van der Waals surface area (Å²) in [6.45, 7) is 3.71. The maximum absolute atomic E-state index is 4.78. The van der Waals surface area contributed by atoms with Crippen molar-refractivity contribution in [3.63, 3.8) is 0 Å². The third-order valence-electron chi connectivity index (χ3n) is 3.84. The van der Waals surface area contributed by atoms with E-state index in [2.05, 4.69) is 43.7 Å². The first-order valence-electron chi connectivity index (χ1n) is 7.61. The number of thiophene rings is 1. The average Bonchev–Trinajstić information content (AvgIpc) is 3.31. The van der Waals surface area contributed by atoms with Gasteiger partial charge in [0.25, 0.3) is 0 Å². The molecule has 1 N–H and O–H groups in total. The lowest BCUT2D eigenvalue weighted by Gasteiger charge is -2.09. The van der Waals surface area contributed by atoms with Crippen LogP contribution in [0.15, 0.2) is 54.3 Å². The Labute approximate surface area is 138 Å². The molecule has 0 fully saturated rings. The van der Waals surface area contributed by atoms with Crippen molar-refractivity contribution in [3.8, 4) is 10.6 Å². The Morgan fingerprint density at radius 3 is 2.96 bits per heavy atom. The molecule has 0 spiro atoms. The van der Waals surface area contributed by atoms with Gasteiger partial charge in [0, 0.05) is 25.1 Å². The molecular weight excluding hydrogens is 306 g/mol. The van der Waals surface area contributed by atoms with Gasteiger partial charge in [0.05, 0.1) is 11.4 Å². The number of anilines is 1. The zero-order chi connectivity index (χ0) is 15.6. The van der Waals surface area contributed by atoms with E-state index in [4.69, 9.17) is 4.98 Å². The lowest BCUT2D eigenvalue weighted by molar-refractivity contribution is 0.707. The van der Waals surface area contributed by atoms with E-state index in [9.17, 15) is 0 Å². The van der Waals surface area contributed by atoms with Gasteiger partial charge in [0.1, 0.15) is 23.0 Å². The number of hydrogen-bond donors (Lipinski definition) is 1. The summed E-state index contributed by atoms with van der Waals surface area (Å²) in [4.78, 5) is 10.4. The van der Waals surface area contributed by atoms with E-state index >= 15 is 0 Å². The van der Waals surface area contributed by atoms with Crippen molar-refractivity contribution in [1.82, 2.24) is 18.9 Å². The fourth-order valence-electron chi connectivity index (χ4n) is 2.71. The quantitative estimate of drug-likeness (QED) is 0.606. The highest BCUT2D eigenvalue weighted by atomic mass is 32.1. The van der Waals surface area contributed by atoms with Crippen LogP contribution in [0.4, 0.5) is 5.82 Å². The normalized spacial score (nSPS) is 11.2. The molecule has 0 aliphatic heterocycles. The molecule has 0 unspecified atom stereocenters. The number of nitrogens with one attached hydrogen (secondary N) is 1. The topological polar surface area (TPSA) is 47.2 Å². The van der Waals surface area contributed by atoms with E-state index in [-0.39, 0.29) is 0 Å². The predicted octanol–water partition coefficient (Wildman–Crippen LogP) is 3.89. The molecule has 4 rings (SSSR count). The molecular formula is C17H17N5S. The molecule has 0 radical (unpaired) electrons. The molecule has 0 saturated carbocycles. The maximum atomic E-state index is 4.78. The molecule has 23 heavy (non-hydrogen) atoms. The Bertz CT molecular complexity index is 920. The number of pyridine rings is 1. The number of nitrogens with zero attached hydrogens (tertiary/aromatic N) is 4. The van der Waals surface area contributed by atoms with Crippen molar-refractivity contribution in [2.24, 2.45) is 0 Å². The highest BCUT2D eigenvalue weighted by molar-refractivity contribution is 7.13. The van der Waals surface area contributed by atoms with Gasteiger partial charge in [-0.05, 0) is 30.5 Å². The van der Waals surface area contributed by atoms with Gasteiger partial charge in [0.2, 0.25) is 0 Å². The third kappa shape index (κ3) is 2.51. The number of aromatic nitrogens is 4. The standard InChI is InChI=1S/C17H17N5S/c1-2-21-10-8-18-15(21)12-19-17-16(13-6-5-11-23-13)20-14-7-3-4-9-22(14)17/h3-11,19H,2,12H2,1H3. The van der Waals surface area contributed by atoms with Crippen LogP contribution < -0.4 is 5.32 Å². The van der Waals surface area contributed by atoms with Crippen molar-refractivity contribution in [1.29, 1.82) is 0 Å². The molecule has 6 heteroatoms. The van der Waals surface area contributed by atoms with E-state index < -0.39 is 0 Å². The zero-order valence-electron chi connectivity index (χ0n) is 12.8. The molecule has 4 heterocycles. The first-order valence-corrected chi connectivity index (χ1v) is 8.49. The van der Waals surface area contributed by atoms with Gasteiger partial charge in [-0.15, -0.1) is 11.3 Å². The summed E-state index contributed by atoms with van der Waals surface area (Å²) >= 11 is 1.70. The molecule has 0 amide bonds. The van der Waals surface area contributed by atoms with E-state index in [0.29, 0.717) is 6.54 Å². The second-order valence-corrected chi connectivity index (χ2v) is 6.15. The second-order valence-electron chi connectivity index (χ2n) is 5.20. The van der Waals surface area contributed by atoms with Crippen LogP contribution >= 0.6 is 11.3 Å².